The van der Waals surface area contributed by atoms with Gasteiger partial charge in [-0.05, 0) is 207 Å². The lowest BCUT2D eigenvalue weighted by Gasteiger charge is -2.44. The molecule has 6 unspecified atom stereocenters. The first-order valence-electron chi connectivity index (χ1n) is 30.2. The maximum atomic E-state index is 2.69. The molecule has 0 aromatic heterocycles. The molecule has 3 saturated carbocycles. The molecule has 0 spiro atoms. The predicted molar refractivity (Wildman–Crippen MR) is 330 cm³/mol. The van der Waals surface area contributed by atoms with E-state index in [4.69, 9.17) is 0 Å². The maximum absolute atomic E-state index is 2.69. The van der Waals surface area contributed by atoms with Crippen LogP contribution in [0.15, 0.2) is 182 Å². The van der Waals surface area contributed by atoms with E-state index in [9.17, 15) is 0 Å². The highest BCUT2D eigenvalue weighted by molar-refractivity contribution is 5.96. The zero-order valence-electron chi connectivity index (χ0n) is 47.2. The average molecular weight is 1020 g/mol. The van der Waals surface area contributed by atoms with Gasteiger partial charge in [0, 0.05) is 27.9 Å². The second-order valence-corrected chi connectivity index (χ2v) is 25.6. The van der Waals surface area contributed by atoms with Crippen LogP contribution in [0.3, 0.4) is 0 Å². The lowest BCUT2D eigenvalue weighted by molar-refractivity contribution is 0.192. The Balaban J connectivity index is 1.05. The van der Waals surface area contributed by atoms with Crippen LogP contribution in [0.25, 0.3) is 33.4 Å². The Labute approximate surface area is 465 Å². The molecule has 2 heterocycles. The SMILES string of the molecule is CC1=c2c(ccc\c2=C(C)/C2=c3\ccc(N4c5ccccc5C(C)(C)c5ccccc54)c\c3=C(C3CCCCC4CC(CC3)C3CCCCC43)\C=C\CC(N3c4ccccc4C(C)(C)c4ccccc43)C=C2)-c2ccccc21. The standard InChI is InChI=1S/C76H78N2/c1-49(58-30-22-32-64-62-29-12-9-26-56(62)50(2)74(58)64)57-45-43-54(77-70-37-17-13-33-66(70)75(3,4)67-34-14-18-38-71(67)77)25-21-31-59(51-23-7-8-24-52-47-53(42-41-51)61-28-11-10-27-60(52)61)65-48-55(44-46-63(57)65)78-72-39-19-15-35-68(72)76(5,6)69-36-16-20-40-73(69)78/h9,12-22,26,29-40,43-46,48,51-54,60-61H,7-8,10-11,23-25,27-28,41-42,47H2,1-6H3/b31-21+,45-43?,58-49+,63-57+,65-59+. The average Bonchev–Trinajstić information content (AvgIpc) is 4.06. The molecule has 7 aromatic rings. The molecule has 6 atom stereocenters. The van der Waals surface area contributed by atoms with E-state index in [1.807, 2.05) is 0 Å². The summed E-state index contributed by atoms with van der Waals surface area (Å²) in [5.74, 6) is 4.15. The van der Waals surface area contributed by atoms with Crippen LogP contribution in [0, 0.1) is 29.6 Å². The quantitative estimate of drug-likeness (QED) is 0.173. The first kappa shape index (κ1) is 49.4. The van der Waals surface area contributed by atoms with E-state index in [1.165, 1.54) is 181 Å². The Bertz CT molecular complexity index is 3760. The Kier molecular flexibility index (Phi) is 12.3. The van der Waals surface area contributed by atoms with Crippen molar-refractivity contribution in [1.29, 1.82) is 0 Å². The van der Waals surface area contributed by atoms with Gasteiger partial charge in [0.25, 0.3) is 0 Å². The van der Waals surface area contributed by atoms with Crippen molar-refractivity contribution < 1.29 is 0 Å². The number of anilines is 5. The van der Waals surface area contributed by atoms with Crippen LogP contribution in [-0.2, 0) is 10.8 Å². The van der Waals surface area contributed by atoms with Gasteiger partial charge < -0.3 is 9.80 Å². The maximum Gasteiger partial charge on any atom is 0.0560 e. The van der Waals surface area contributed by atoms with Crippen molar-refractivity contribution in [3.63, 3.8) is 0 Å². The highest BCUT2D eigenvalue weighted by atomic mass is 15.2. The highest BCUT2D eigenvalue weighted by Gasteiger charge is 2.44. The Morgan fingerprint density at radius 2 is 1.05 bits per heavy atom. The summed E-state index contributed by atoms with van der Waals surface area (Å²) in [5.41, 5.74) is 21.3. The number of allylic oxidation sites excluding steroid dienone is 2. The van der Waals surface area contributed by atoms with Gasteiger partial charge in [0.15, 0.2) is 0 Å². The first-order valence-corrected chi connectivity index (χ1v) is 30.2. The van der Waals surface area contributed by atoms with Crippen molar-refractivity contribution in [2.45, 2.75) is 135 Å². The van der Waals surface area contributed by atoms with Crippen molar-refractivity contribution in [3.8, 4) is 11.1 Å². The van der Waals surface area contributed by atoms with Gasteiger partial charge in [-0.3, -0.25) is 0 Å². The number of para-hydroxylation sites is 4. The van der Waals surface area contributed by atoms with Crippen molar-refractivity contribution in [3.05, 3.63) is 231 Å². The van der Waals surface area contributed by atoms with E-state index >= 15 is 0 Å². The molecule has 2 bridgehead atoms. The molecule has 0 radical (unpaired) electrons. The number of hydrogen-bond acceptors (Lipinski definition) is 2. The zero-order valence-corrected chi connectivity index (χ0v) is 47.2. The molecule has 5 aliphatic carbocycles. The third kappa shape index (κ3) is 7.92. The highest BCUT2D eigenvalue weighted by Crippen LogP contribution is 2.55. The van der Waals surface area contributed by atoms with Crippen LogP contribution in [0.2, 0.25) is 0 Å². The normalized spacial score (nSPS) is 26.7. The fourth-order valence-corrected chi connectivity index (χ4v) is 17.1. The predicted octanol–water partition coefficient (Wildman–Crippen LogP) is 16.9. The van der Waals surface area contributed by atoms with Crippen molar-refractivity contribution in [2.75, 3.05) is 9.80 Å². The van der Waals surface area contributed by atoms with Crippen LogP contribution >= 0.6 is 0 Å². The van der Waals surface area contributed by atoms with Gasteiger partial charge in [0.2, 0.25) is 0 Å². The number of fused-ring (bicyclic) bond motifs is 13. The third-order valence-electron chi connectivity index (χ3n) is 20.9. The van der Waals surface area contributed by atoms with Gasteiger partial charge in [0.05, 0.1) is 17.4 Å². The van der Waals surface area contributed by atoms with E-state index in [0.717, 1.165) is 30.1 Å². The van der Waals surface area contributed by atoms with E-state index < -0.39 is 0 Å². The fraction of sp³-hybridized carbons (Fsp3) is 0.342. The summed E-state index contributed by atoms with van der Waals surface area (Å²) in [6.45, 7) is 14.4. The number of rotatable bonds is 4. The van der Waals surface area contributed by atoms with E-state index in [1.54, 1.807) is 0 Å². The van der Waals surface area contributed by atoms with Crippen LogP contribution in [-0.4, -0.2) is 6.04 Å². The summed E-state index contributed by atoms with van der Waals surface area (Å²) in [7, 11) is 0. The fourth-order valence-electron chi connectivity index (χ4n) is 17.1. The van der Waals surface area contributed by atoms with Crippen molar-refractivity contribution in [1.82, 2.24) is 0 Å². The summed E-state index contributed by atoms with van der Waals surface area (Å²) >= 11 is 0. The largest absolute Gasteiger partial charge is 0.334 e. The van der Waals surface area contributed by atoms with Crippen LogP contribution in [0.1, 0.15) is 146 Å². The number of benzene rings is 7. The molecule has 2 nitrogen and oxygen atoms in total. The molecule has 0 saturated heterocycles. The van der Waals surface area contributed by atoms with Crippen molar-refractivity contribution >= 4 is 50.7 Å². The van der Waals surface area contributed by atoms with Crippen LogP contribution in [0.4, 0.5) is 28.4 Å². The summed E-state index contributed by atoms with van der Waals surface area (Å²) in [6.07, 6.45) is 26.5. The minimum Gasteiger partial charge on any atom is -0.334 e. The Morgan fingerprint density at radius 3 is 1.72 bits per heavy atom. The number of nitrogens with zero attached hydrogens (tertiary/aromatic N) is 2. The molecule has 2 aliphatic heterocycles. The van der Waals surface area contributed by atoms with Gasteiger partial charge in [-0.25, -0.2) is 0 Å². The molecular weight excluding hydrogens is 941 g/mol. The molecular formula is C76H78N2. The van der Waals surface area contributed by atoms with Crippen LogP contribution in [0.5, 0.6) is 0 Å². The molecule has 14 rings (SSSR count). The molecule has 0 N–H and O–H groups in total. The molecule has 3 fully saturated rings. The van der Waals surface area contributed by atoms with E-state index in [2.05, 4.69) is 233 Å². The second-order valence-electron chi connectivity index (χ2n) is 25.6. The summed E-state index contributed by atoms with van der Waals surface area (Å²) < 4.78 is 0. The van der Waals surface area contributed by atoms with Gasteiger partial charge >= 0.3 is 0 Å². The summed E-state index contributed by atoms with van der Waals surface area (Å²) in [6, 6.07) is 60.7. The monoisotopic (exact) mass is 1020 g/mol. The Hall–Kier alpha value is -6.90. The van der Waals surface area contributed by atoms with E-state index in [0.29, 0.717) is 5.92 Å². The van der Waals surface area contributed by atoms with Crippen molar-refractivity contribution in [2.24, 2.45) is 29.6 Å². The minimum atomic E-state index is -0.138. The topological polar surface area (TPSA) is 6.48 Å². The molecule has 7 aliphatic rings. The van der Waals surface area contributed by atoms with E-state index in [-0.39, 0.29) is 16.9 Å². The first-order chi connectivity index (χ1) is 38.1. The summed E-state index contributed by atoms with van der Waals surface area (Å²) in [4.78, 5) is 5.29. The van der Waals surface area contributed by atoms with Gasteiger partial charge in [-0.2, -0.15) is 0 Å². The smallest absolute Gasteiger partial charge is 0.0560 e. The van der Waals surface area contributed by atoms with Gasteiger partial charge in [0.1, 0.15) is 0 Å². The molecule has 2 heteroatoms. The third-order valence-corrected chi connectivity index (χ3v) is 20.9. The molecule has 0 amide bonds. The summed E-state index contributed by atoms with van der Waals surface area (Å²) in [5, 5.41) is 5.44. The van der Waals surface area contributed by atoms with Gasteiger partial charge in [-0.1, -0.05) is 205 Å². The molecule has 7 aromatic carbocycles. The molecule has 78 heavy (non-hydrogen) atoms. The Morgan fingerprint density at radius 1 is 0.500 bits per heavy atom. The second kappa shape index (κ2) is 19.5. The van der Waals surface area contributed by atoms with Crippen LogP contribution < -0.4 is 30.7 Å². The molecule has 392 valence electrons. The minimum absolute atomic E-state index is 0.0657. The lowest BCUT2D eigenvalue weighted by atomic mass is 9.73. The zero-order chi connectivity index (χ0) is 52.9. The number of hydrogen-bond donors (Lipinski definition) is 0. The lowest BCUT2D eigenvalue weighted by Crippen LogP contribution is -2.38. The van der Waals surface area contributed by atoms with Gasteiger partial charge in [-0.15, -0.1) is 0 Å².